The van der Waals surface area contributed by atoms with Crippen molar-refractivity contribution < 1.29 is 27.5 Å². The molecular formula is C9H14F3NO3. The summed E-state index contributed by atoms with van der Waals surface area (Å²) in [6.45, 7) is 1.38. The van der Waals surface area contributed by atoms with Crippen LogP contribution in [0.2, 0.25) is 0 Å². The molecule has 0 atom stereocenters. The number of carbonyl (C=O) groups excluding carboxylic acids is 2. The van der Waals surface area contributed by atoms with Crippen molar-refractivity contribution >= 4 is 11.9 Å². The van der Waals surface area contributed by atoms with Crippen molar-refractivity contribution in [1.82, 2.24) is 5.32 Å². The Morgan fingerprint density at radius 2 is 1.88 bits per heavy atom. The molecule has 0 aromatic heterocycles. The first kappa shape index (κ1) is 14.7. The molecule has 0 aliphatic carbocycles. The molecule has 1 amide bonds. The van der Waals surface area contributed by atoms with Crippen molar-refractivity contribution in [2.24, 2.45) is 0 Å². The molecule has 0 rings (SSSR count). The Balaban J connectivity index is 3.56. The molecule has 0 heterocycles. The van der Waals surface area contributed by atoms with Crippen LogP contribution in [0.25, 0.3) is 0 Å². The van der Waals surface area contributed by atoms with Crippen LogP contribution in [0.1, 0.15) is 26.2 Å². The van der Waals surface area contributed by atoms with Gasteiger partial charge >= 0.3 is 12.1 Å². The zero-order valence-electron chi connectivity index (χ0n) is 8.89. The monoisotopic (exact) mass is 241 g/mol. The molecule has 4 nitrogen and oxygen atoms in total. The Morgan fingerprint density at radius 3 is 2.38 bits per heavy atom. The van der Waals surface area contributed by atoms with Gasteiger partial charge in [-0.25, -0.2) is 0 Å². The highest BCUT2D eigenvalue weighted by Crippen LogP contribution is 2.18. The lowest BCUT2D eigenvalue weighted by atomic mass is 10.3. The second-order valence-electron chi connectivity index (χ2n) is 3.02. The quantitative estimate of drug-likeness (QED) is 0.715. The molecule has 0 aliphatic rings. The summed E-state index contributed by atoms with van der Waals surface area (Å²) in [5.74, 6) is -1.12. The first-order valence-electron chi connectivity index (χ1n) is 4.84. The SMILES string of the molecule is CCOC(=O)CCC(=O)NCCC(F)(F)F. The van der Waals surface area contributed by atoms with Gasteiger partial charge in [0.05, 0.1) is 19.4 Å². The zero-order chi connectivity index (χ0) is 12.6. The maximum atomic E-state index is 11.7. The fourth-order valence-corrected chi connectivity index (χ4v) is 0.881. The second kappa shape index (κ2) is 7.08. The molecule has 7 heteroatoms. The minimum atomic E-state index is -4.28. The van der Waals surface area contributed by atoms with E-state index in [0.29, 0.717) is 0 Å². The summed E-state index contributed by atoms with van der Waals surface area (Å²) in [7, 11) is 0. The predicted octanol–water partition coefficient (Wildman–Crippen LogP) is 1.40. The molecule has 0 aromatic carbocycles. The van der Waals surface area contributed by atoms with Crippen LogP contribution in [-0.2, 0) is 14.3 Å². The summed E-state index contributed by atoms with van der Waals surface area (Å²) in [4.78, 5) is 21.7. The van der Waals surface area contributed by atoms with Crippen molar-refractivity contribution in [1.29, 1.82) is 0 Å². The molecule has 0 radical (unpaired) electrons. The second-order valence-corrected chi connectivity index (χ2v) is 3.02. The molecule has 0 saturated carbocycles. The number of hydrogen-bond acceptors (Lipinski definition) is 3. The number of carbonyl (C=O) groups is 2. The normalized spacial score (nSPS) is 11.0. The summed E-state index contributed by atoms with van der Waals surface area (Å²) >= 11 is 0. The zero-order valence-corrected chi connectivity index (χ0v) is 8.89. The van der Waals surface area contributed by atoms with Gasteiger partial charge in [0.2, 0.25) is 5.91 Å². The van der Waals surface area contributed by atoms with Gasteiger partial charge in [-0.3, -0.25) is 9.59 Å². The van der Waals surface area contributed by atoms with Crippen LogP contribution in [0, 0.1) is 0 Å². The molecule has 1 N–H and O–H groups in total. The molecule has 0 unspecified atom stereocenters. The van der Waals surface area contributed by atoms with E-state index < -0.39 is 31.0 Å². The number of esters is 1. The topological polar surface area (TPSA) is 55.4 Å². The molecule has 0 bridgehead atoms. The van der Waals surface area contributed by atoms with Crippen LogP contribution in [0.4, 0.5) is 13.2 Å². The highest BCUT2D eigenvalue weighted by Gasteiger charge is 2.26. The minimum absolute atomic E-state index is 0.119. The standard InChI is InChI=1S/C9H14F3NO3/c1-2-16-8(15)4-3-7(14)13-6-5-9(10,11)12/h2-6H2,1H3,(H,13,14). The average Bonchev–Trinajstić information content (AvgIpc) is 2.13. The van der Waals surface area contributed by atoms with Crippen molar-refractivity contribution in [3.05, 3.63) is 0 Å². The third-order valence-electron chi connectivity index (χ3n) is 1.59. The van der Waals surface area contributed by atoms with Crippen LogP contribution in [-0.4, -0.2) is 31.2 Å². The molecule has 0 aliphatic heterocycles. The molecular weight excluding hydrogens is 227 g/mol. The van der Waals surface area contributed by atoms with E-state index in [0.717, 1.165) is 0 Å². The number of ether oxygens (including phenoxy) is 1. The van der Waals surface area contributed by atoms with Crippen molar-refractivity contribution in [3.8, 4) is 0 Å². The summed E-state index contributed by atoms with van der Waals surface area (Å²) < 4.78 is 39.6. The summed E-state index contributed by atoms with van der Waals surface area (Å²) in [6, 6.07) is 0. The largest absolute Gasteiger partial charge is 0.466 e. The average molecular weight is 241 g/mol. The first-order valence-corrected chi connectivity index (χ1v) is 4.84. The highest BCUT2D eigenvalue weighted by atomic mass is 19.4. The lowest BCUT2D eigenvalue weighted by Crippen LogP contribution is -2.28. The van der Waals surface area contributed by atoms with E-state index in [4.69, 9.17) is 0 Å². The molecule has 94 valence electrons. The maximum absolute atomic E-state index is 11.7. The van der Waals surface area contributed by atoms with E-state index >= 15 is 0 Å². The van der Waals surface area contributed by atoms with E-state index in [1.807, 2.05) is 0 Å². The Hall–Kier alpha value is -1.27. The van der Waals surface area contributed by atoms with E-state index in [2.05, 4.69) is 10.1 Å². The van der Waals surface area contributed by atoms with Gasteiger partial charge in [-0.05, 0) is 6.92 Å². The van der Waals surface area contributed by atoms with Gasteiger partial charge in [0.1, 0.15) is 0 Å². The molecule has 0 fully saturated rings. The van der Waals surface area contributed by atoms with Crippen molar-refractivity contribution in [2.45, 2.75) is 32.4 Å². The van der Waals surface area contributed by atoms with Crippen molar-refractivity contribution in [3.63, 3.8) is 0 Å². The number of rotatable bonds is 6. The Labute approximate surface area is 91.1 Å². The molecule has 0 aromatic rings. The van der Waals surface area contributed by atoms with Gasteiger partial charge in [0, 0.05) is 13.0 Å². The Bertz CT molecular complexity index is 241. The predicted molar refractivity (Wildman–Crippen MR) is 49.5 cm³/mol. The number of alkyl halides is 3. The molecule has 16 heavy (non-hydrogen) atoms. The number of amides is 1. The third kappa shape index (κ3) is 9.29. The van der Waals surface area contributed by atoms with Crippen LogP contribution in [0.3, 0.4) is 0 Å². The fourth-order valence-electron chi connectivity index (χ4n) is 0.881. The van der Waals surface area contributed by atoms with Crippen LogP contribution < -0.4 is 5.32 Å². The van der Waals surface area contributed by atoms with E-state index in [9.17, 15) is 22.8 Å². The minimum Gasteiger partial charge on any atom is -0.466 e. The van der Waals surface area contributed by atoms with Gasteiger partial charge in [0.15, 0.2) is 0 Å². The van der Waals surface area contributed by atoms with Gasteiger partial charge in [-0.15, -0.1) is 0 Å². The van der Waals surface area contributed by atoms with Gasteiger partial charge in [-0.2, -0.15) is 13.2 Å². The maximum Gasteiger partial charge on any atom is 0.390 e. The van der Waals surface area contributed by atoms with E-state index in [1.54, 1.807) is 6.92 Å². The van der Waals surface area contributed by atoms with Crippen LogP contribution >= 0.6 is 0 Å². The molecule has 0 saturated heterocycles. The summed E-state index contributed by atoms with van der Waals surface area (Å²) in [5, 5.41) is 2.07. The number of halogens is 3. The van der Waals surface area contributed by atoms with Gasteiger partial charge in [-0.1, -0.05) is 0 Å². The van der Waals surface area contributed by atoms with E-state index in [1.165, 1.54) is 0 Å². The van der Waals surface area contributed by atoms with Crippen molar-refractivity contribution in [2.75, 3.05) is 13.2 Å². The third-order valence-corrected chi connectivity index (χ3v) is 1.59. The summed E-state index contributed by atoms with van der Waals surface area (Å²) in [6.07, 6.45) is -5.63. The molecule has 0 spiro atoms. The van der Waals surface area contributed by atoms with E-state index in [-0.39, 0.29) is 19.4 Å². The lowest BCUT2D eigenvalue weighted by molar-refractivity contribution is -0.145. The smallest absolute Gasteiger partial charge is 0.390 e. The lowest BCUT2D eigenvalue weighted by Gasteiger charge is -2.07. The van der Waals surface area contributed by atoms with Gasteiger partial charge < -0.3 is 10.1 Å². The summed E-state index contributed by atoms with van der Waals surface area (Å²) in [5.41, 5.74) is 0. The Morgan fingerprint density at radius 1 is 1.25 bits per heavy atom. The van der Waals surface area contributed by atoms with Crippen LogP contribution in [0.15, 0.2) is 0 Å². The number of nitrogens with one attached hydrogen (secondary N) is 1. The first-order chi connectivity index (χ1) is 7.35. The highest BCUT2D eigenvalue weighted by molar-refractivity contribution is 5.81. The fraction of sp³-hybridized carbons (Fsp3) is 0.778. The van der Waals surface area contributed by atoms with Crippen LogP contribution in [0.5, 0.6) is 0 Å². The van der Waals surface area contributed by atoms with Gasteiger partial charge in [0.25, 0.3) is 0 Å². The Kier molecular flexibility index (Phi) is 6.52. The number of hydrogen-bond donors (Lipinski definition) is 1.